The molecule has 4 nitrogen and oxygen atoms in total. The van der Waals surface area contributed by atoms with E-state index in [-0.39, 0.29) is 16.7 Å². The molecule has 28 heavy (non-hydrogen) atoms. The van der Waals surface area contributed by atoms with Crippen molar-refractivity contribution in [2.24, 2.45) is 0 Å². The Balaban J connectivity index is 1.73. The zero-order chi connectivity index (χ0) is 19.5. The van der Waals surface area contributed by atoms with Crippen LogP contribution in [0.3, 0.4) is 0 Å². The highest BCUT2D eigenvalue weighted by Gasteiger charge is 2.22. The van der Waals surface area contributed by atoms with Crippen LogP contribution in [0.2, 0.25) is 5.02 Å². The molecule has 1 aromatic heterocycles. The third kappa shape index (κ3) is 3.87. The highest BCUT2D eigenvalue weighted by atomic mass is 35.5. The van der Waals surface area contributed by atoms with Gasteiger partial charge in [-0.3, -0.25) is 0 Å². The Morgan fingerprint density at radius 1 is 0.857 bits per heavy atom. The summed E-state index contributed by atoms with van der Waals surface area (Å²) in [7, 11) is 0. The fourth-order valence-corrected chi connectivity index (χ4v) is 2.98. The molecule has 0 bridgehead atoms. The summed E-state index contributed by atoms with van der Waals surface area (Å²) < 4.78 is 32.6. The lowest BCUT2D eigenvalue weighted by atomic mass is 10.1. The highest BCUT2D eigenvalue weighted by molar-refractivity contribution is 6.33. The molecule has 0 aliphatic heterocycles. The van der Waals surface area contributed by atoms with Crippen LogP contribution in [-0.4, -0.2) is 10.2 Å². The molecule has 1 N–H and O–H groups in total. The van der Waals surface area contributed by atoms with Crippen LogP contribution in [-0.2, 0) is 0 Å². The number of aromatic nitrogens is 2. The van der Waals surface area contributed by atoms with Crippen molar-refractivity contribution >= 4 is 17.3 Å². The summed E-state index contributed by atoms with van der Waals surface area (Å²) in [6.07, 6.45) is 0. The average Bonchev–Trinajstić information content (AvgIpc) is 3.19. The van der Waals surface area contributed by atoms with Crippen molar-refractivity contribution in [1.82, 2.24) is 10.2 Å². The summed E-state index contributed by atoms with van der Waals surface area (Å²) >= 11 is 6.15. The van der Waals surface area contributed by atoms with Crippen molar-refractivity contribution in [3.63, 3.8) is 0 Å². The molecular weight excluding hydrogens is 384 g/mol. The molecule has 0 fully saturated rings. The number of nitrogens with one attached hydrogen (secondary N) is 1. The lowest BCUT2D eigenvalue weighted by Gasteiger charge is -2.18. The maximum Gasteiger partial charge on any atom is 0.247 e. The van der Waals surface area contributed by atoms with Crippen molar-refractivity contribution < 1.29 is 13.2 Å². The van der Waals surface area contributed by atoms with Crippen molar-refractivity contribution in [1.29, 1.82) is 0 Å². The molecule has 4 aromatic rings. The highest BCUT2D eigenvalue weighted by Crippen LogP contribution is 2.31. The second kappa shape index (κ2) is 7.78. The van der Waals surface area contributed by atoms with E-state index in [2.05, 4.69) is 15.5 Å². The predicted octanol–water partition coefficient (Wildman–Crippen LogP) is 5.87. The van der Waals surface area contributed by atoms with E-state index in [1.165, 1.54) is 30.3 Å². The number of nitrogens with zero attached hydrogens (tertiary/aromatic N) is 2. The van der Waals surface area contributed by atoms with Gasteiger partial charge in [0, 0.05) is 5.56 Å². The number of hydrogen-bond donors (Lipinski definition) is 1. The van der Waals surface area contributed by atoms with Gasteiger partial charge in [-0.2, -0.15) is 0 Å². The Morgan fingerprint density at radius 3 is 2.29 bits per heavy atom. The van der Waals surface area contributed by atoms with Crippen LogP contribution >= 0.6 is 11.6 Å². The van der Waals surface area contributed by atoms with E-state index < -0.39 is 11.9 Å². The van der Waals surface area contributed by atoms with Crippen LogP contribution in [0.4, 0.5) is 14.5 Å². The van der Waals surface area contributed by atoms with Gasteiger partial charge in [0.2, 0.25) is 11.8 Å². The summed E-state index contributed by atoms with van der Waals surface area (Å²) in [5, 5.41) is 11.6. The molecule has 1 heterocycles. The van der Waals surface area contributed by atoms with E-state index in [4.69, 9.17) is 16.0 Å². The standard InChI is InChI=1S/C21H14ClF2N3O/c22-17-12-16(24)10-11-18(17)25-19(13-6-8-15(23)9-7-13)21-27-26-20(28-21)14-4-2-1-3-5-14/h1-12,19,25H/t19-/m0/s1. The van der Waals surface area contributed by atoms with E-state index in [0.717, 1.165) is 5.56 Å². The first-order valence-corrected chi connectivity index (χ1v) is 8.84. The van der Waals surface area contributed by atoms with Gasteiger partial charge in [0.1, 0.15) is 17.7 Å². The Morgan fingerprint density at radius 2 is 1.57 bits per heavy atom. The molecule has 1 atom stereocenters. The van der Waals surface area contributed by atoms with E-state index >= 15 is 0 Å². The van der Waals surface area contributed by atoms with Gasteiger partial charge in [-0.15, -0.1) is 10.2 Å². The molecule has 0 aliphatic carbocycles. The normalized spacial score (nSPS) is 12.0. The summed E-state index contributed by atoms with van der Waals surface area (Å²) in [5.41, 5.74) is 1.95. The topological polar surface area (TPSA) is 51.0 Å². The van der Waals surface area contributed by atoms with Gasteiger partial charge in [-0.05, 0) is 48.0 Å². The molecule has 0 radical (unpaired) electrons. The van der Waals surface area contributed by atoms with Crippen molar-refractivity contribution in [2.45, 2.75) is 6.04 Å². The average molecular weight is 398 g/mol. The molecular formula is C21H14ClF2N3O. The number of halogens is 3. The number of benzene rings is 3. The first kappa shape index (κ1) is 18.1. The zero-order valence-corrected chi connectivity index (χ0v) is 15.2. The third-order valence-corrected chi connectivity index (χ3v) is 4.46. The van der Waals surface area contributed by atoms with E-state index in [1.54, 1.807) is 12.1 Å². The maximum absolute atomic E-state index is 13.4. The summed E-state index contributed by atoms with van der Waals surface area (Å²) in [6.45, 7) is 0. The van der Waals surface area contributed by atoms with Crippen LogP contribution in [0, 0.1) is 11.6 Å². The predicted molar refractivity (Wildman–Crippen MR) is 103 cm³/mol. The van der Waals surface area contributed by atoms with Crippen LogP contribution < -0.4 is 5.32 Å². The van der Waals surface area contributed by atoms with Gasteiger partial charge in [0.15, 0.2) is 0 Å². The van der Waals surface area contributed by atoms with Crippen LogP contribution in [0.1, 0.15) is 17.5 Å². The quantitative estimate of drug-likeness (QED) is 0.457. The number of rotatable bonds is 5. The van der Waals surface area contributed by atoms with Gasteiger partial charge in [0.05, 0.1) is 10.7 Å². The van der Waals surface area contributed by atoms with Gasteiger partial charge in [-0.25, -0.2) is 8.78 Å². The first-order valence-electron chi connectivity index (χ1n) is 8.46. The molecule has 0 unspecified atom stereocenters. The van der Waals surface area contributed by atoms with E-state index in [0.29, 0.717) is 17.1 Å². The first-order chi connectivity index (χ1) is 13.6. The molecule has 4 rings (SSSR count). The summed E-state index contributed by atoms with van der Waals surface area (Å²) in [6, 6.07) is 18.6. The minimum atomic E-state index is -0.603. The van der Waals surface area contributed by atoms with Gasteiger partial charge in [-0.1, -0.05) is 41.9 Å². The lowest BCUT2D eigenvalue weighted by Crippen LogP contribution is -2.13. The Kier molecular flexibility index (Phi) is 5.04. The minimum Gasteiger partial charge on any atom is -0.418 e. The van der Waals surface area contributed by atoms with Crippen molar-refractivity contribution in [3.05, 3.63) is 101 Å². The fourth-order valence-electron chi connectivity index (χ4n) is 2.75. The van der Waals surface area contributed by atoms with Gasteiger partial charge < -0.3 is 9.73 Å². The Labute approximate surface area is 164 Å². The smallest absolute Gasteiger partial charge is 0.247 e. The Bertz CT molecular complexity index is 1080. The molecule has 0 saturated heterocycles. The molecule has 0 amide bonds. The van der Waals surface area contributed by atoms with Crippen LogP contribution in [0.15, 0.2) is 77.2 Å². The molecule has 140 valence electrons. The number of anilines is 1. The summed E-state index contributed by atoms with van der Waals surface area (Å²) in [5.74, 6) is -0.184. The Hall–Kier alpha value is -3.25. The fraction of sp³-hybridized carbons (Fsp3) is 0.0476. The maximum atomic E-state index is 13.4. The van der Waals surface area contributed by atoms with Crippen molar-refractivity contribution in [3.8, 4) is 11.5 Å². The molecule has 0 aliphatic rings. The third-order valence-electron chi connectivity index (χ3n) is 4.14. The van der Waals surface area contributed by atoms with Gasteiger partial charge >= 0.3 is 0 Å². The molecule has 3 aromatic carbocycles. The SMILES string of the molecule is Fc1ccc([C@H](Nc2ccc(F)cc2Cl)c2nnc(-c3ccccc3)o2)cc1. The second-order valence-corrected chi connectivity index (χ2v) is 6.47. The summed E-state index contributed by atoms with van der Waals surface area (Å²) in [4.78, 5) is 0. The van der Waals surface area contributed by atoms with E-state index in [1.807, 2.05) is 30.3 Å². The number of hydrogen-bond acceptors (Lipinski definition) is 4. The van der Waals surface area contributed by atoms with Crippen molar-refractivity contribution in [2.75, 3.05) is 5.32 Å². The molecule has 0 spiro atoms. The largest absolute Gasteiger partial charge is 0.418 e. The zero-order valence-electron chi connectivity index (χ0n) is 14.4. The molecule has 0 saturated carbocycles. The van der Waals surface area contributed by atoms with Crippen LogP contribution in [0.5, 0.6) is 0 Å². The lowest BCUT2D eigenvalue weighted by molar-refractivity contribution is 0.493. The molecule has 7 heteroatoms. The van der Waals surface area contributed by atoms with E-state index in [9.17, 15) is 8.78 Å². The monoisotopic (exact) mass is 397 g/mol. The van der Waals surface area contributed by atoms with Crippen LogP contribution in [0.25, 0.3) is 11.5 Å². The van der Waals surface area contributed by atoms with Gasteiger partial charge in [0.25, 0.3) is 0 Å². The second-order valence-electron chi connectivity index (χ2n) is 6.06. The minimum absolute atomic E-state index is 0.204.